The number of rotatable bonds is 3. The molecule has 3 nitrogen and oxygen atoms in total. The monoisotopic (exact) mass is 230 g/mol. The topological polar surface area (TPSA) is 23.6 Å². The van der Waals surface area contributed by atoms with Crippen LogP contribution in [0.4, 0.5) is 0 Å². The second-order valence-electron chi connectivity index (χ2n) is 4.65. The summed E-state index contributed by atoms with van der Waals surface area (Å²) in [5, 5.41) is 0. The highest BCUT2D eigenvalue weighted by atomic mass is 35.5. The van der Waals surface area contributed by atoms with Crippen LogP contribution in [0.25, 0.3) is 0 Å². The Bertz CT molecular complexity index is 235. The molecule has 2 aliphatic rings. The van der Waals surface area contributed by atoms with Crippen LogP contribution in [0.1, 0.15) is 19.8 Å². The molecule has 15 heavy (non-hydrogen) atoms. The summed E-state index contributed by atoms with van der Waals surface area (Å²) in [5.74, 6) is 0.626. The Balaban J connectivity index is 1.79. The van der Waals surface area contributed by atoms with Crippen molar-refractivity contribution in [3.05, 3.63) is 0 Å². The van der Waals surface area contributed by atoms with Crippen LogP contribution in [-0.4, -0.2) is 53.8 Å². The smallest absolute Gasteiger partial charge is 0.226 e. The molecule has 1 aliphatic carbocycles. The van der Waals surface area contributed by atoms with E-state index in [-0.39, 0.29) is 11.8 Å². The molecule has 0 N–H and O–H groups in total. The Labute approximate surface area is 96.4 Å². The van der Waals surface area contributed by atoms with Crippen molar-refractivity contribution < 1.29 is 4.79 Å². The van der Waals surface area contributed by atoms with E-state index in [1.54, 1.807) is 0 Å². The van der Waals surface area contributed by atoms with Gasteiger partial charge in [-0.05, 0) is 12.8 Å². The van der Waals surface area contributed by atoms with Crippen molar-refractivity contribution >= 4 is 17.5 Å². The maximum Gasteiger partial charge on any atom is 0.226 e. The second-order valence-corrected chi connectivity index (χ2v) is 4.96. The zero-order valence-corrected chi connectivity index (χ0v) is 10.0. The minimum atomic E-state index is -0.0286. The van der Waals surface area contributed by atoms with Gasteiger partial charge in [-0.3, -0.25) is 9.69 Å². The number of nitrogens with zero attached hydrogens (tertiary/aromatic N) is 2. The van der Waals surface area contributed by atoms with Gasteiger partial charge in [-0.2, -0.15) is 0 Å². The predicted molar refractivity (Wildman–Crippen MR) is 61.1 cm³/mol. The van der Waals surface area contributed by atoms with Crippen molar-refractivity contribution in [1.29, 1.82) is 0 Å². The van der Waals surface area contributed by atoms with Crippen LogP contribution in [0.2, 0.25) is 0 Å². The summed E-state index contributed by atoms with van der Waals surface area (Å²) < 4.78 is 0. The third kappa shape index (κ3) is 2.64. The van der Waals surface area contributed by atoms with Gasteiger partial charge < -0.3 is 4.90 Å². The molecular weight excluding hydrogens is 212 g/mol. The Hall–Kier alpha value is -0.280. The Morgan fingerprint density at radius 1 is 1.33 bits per heavy atom. The van der Waals surface area contributed by atoms with Gasteiger partial charge in [-0.1, -0.05) is 6.92 Å². The first-order valence-corrected chi connectivity index (χ1v) is 6.34. The molecule has 0 aromatic heterocycles. The van der Waals surface area contributed by atoms with Crippen LogP contribution in [0.5, 0.6) is 0 Å². The molecule has 2 fully saturated rings. The number of carbonyl (C=O) groups excluding carboxylic acids is 1. The Kier molecular flexibility index (Phi) is 3.52. The maximum absolute atomic E-state index is 11.8. The Morgan fingerprint density at radius 2 is 1.93 bits per heavy atom. The molecule has 0 aromatic rings. The van der Waals surface area contributed by atoms with Crippen LogP contribution in [0.15, 0.2) is 0 Å². The van der Waals surface area contributed by atoms with Crippen molar-refractivity contribution in [1.82, 2.24) is 9.80 Å². The zero-order valence-electron chi connectivity index (χ0n) is 9.29. The van der Waals surface area contributed by atoms with Crippen LogP contribution < -0.4 is 0 Å². The van der Waals surface area contributed by atoms with E-state index in [2.05, 4.69) is 4.90 Å². The molecule has 0 radical (unpaired) electrons. The average molecular weight is 231 g/mol. The van der Waals surface area contributed by atoms with Gasteiger partial charge in [0, 0.05) is 44.0 Å². The first kappa shape index (κ1) is 11.2. The average Bonchev–Trinajstić information content (AvgIpc) is 3.11. The van der Waals surface area contributed by atoms with Gasteiger partial charge >= 0.3 is 0 Å². The Morgan fingerprint density at radius 3 is 2.40 bits per heavy atom. The van der Waals surface area contributed by atoms with Crippen LogP contribution in [0.3, 0.4) is 0 Å². The third-order valence-electron chi connectivity index (χ3n) is 3.34. The minimum Gasteiger partial charge on any atom is -0.340 e. The quantitative estimate of drug-likeness (QED) is 0.680. The molecule has 1 saturated heterocycles. The molecule has 4 heteroatoms. The van der Waals surface area contributed by atoms with E-state index in [4.69, 9.17) is 11.6 Å². The summed E-state index contributed by atoms with van der Waals surface area (Å²) in [5.41, 5.74) is 0. The van der Waals surface area contributed by atoms with Crippen molar-refractivity contribution in [3.8, 4) is 0 Å². The van der Waals surface area contributed by atoms with E-state index < -0.39 is 0 Å². The van der Waals surface area contributed by atoms with Crippen molar-refractivity contribution in [3.63, 3.8) is 0 Å². The predicted octanol–water partition coefficient (Wildman–Crippen LogP) is 1.17. The maximum atomic E-state index is 11.8. The lowest BCUT2D eigenvalue weighted by Gasteiger charge is -2.35. The van der Waals surface area contributed by atoms with Gasteiger partial charge in [0.25, 0.3) is 0 Å². The van der Waals surface area contributed by atoms with Crippen LogP contribution >= 0.6 is 11.6 Å². The van der Waals surface area contributed by atoms with Gasteiger partial charge in [-0.25, -0.2) is 0 Å². The molecular formula is C11H19ClN2O. The van der Waals surface area contributed by atoms with E-state index in [9.17, 15) is 4.79 Å². The fourth-order valence-corrected chi connectivity index (χ4v) is 2.26. The molecule has 0 bridgehead atoms. The molecule has 1 aliphatic heterocycles. The second kappa shape index (κ2) is 4.71. The summed E-state index contributed by atoms with van der Waals surface area (Å²) in [4.78, 5) is 16.3. The highest BCUT2D eigenvalue weighted by Gasteiger charge is 2.32. The van der Waals surface area contributed by atoms with E-state index in [1.807, 2.05) is 11.8 Å². The van der Waals surface area contributed by atoms with Crippen LogP contribution in [-0.2, 0) is 4.79 Å². The summed E-state index contributed by atoms with van der Waals surface area (Å²) in [6.07, 6.45) is 2.71. The zero-order chi connectivity index (χ0) is 10.8. The van der Waals surface area contributed by atoms with Gasteiger partial charge in [-0.15, -0.1) is 11.6 Å². The summed E-state index contributed by atoms with van der Waals surface area (Å²) >= 11 is 5.70. The van der Waals surface area contributed by atoms with Gasteiger partial charge in [0.05, 0.1) is 0 Å². The van der Waals surface area contributed by atoms with E-state index >= 15 is 0 Å². The van der Waals surface area contributed by atoms with Crippen molar-refractivity contribution in [2.24, 2.45) is 5.92 Å². The standard InChI is InChI=1S/C11H19ClN2O/c1-9(8-12)11(15)14-6-4-13(5-7-14)10-2-3-10/h9-10H,2-8H2,1H3. The number of amides is 1. The lowest BCUT2D eigenvalue weighted by atomic mass is 10.1. The van der Waals surface area contributed by atoms with Crippen molar-refractivity contribution in [2.75, 3.05) is 32.1 Å². The van der Waals surface area contributed by atoms with Crippen molar-refractivity contribution in [2.45, 2.75) is 25.8 Å². The van der Waals surface area contributed by atoms with Crippen LogP contribution in [0, 0.1) is 5.92 Å². The number of alkyl halides is 1. The highest BCUT2D eigenvalue weighted by molar-refractivity contribution is 6.19. The molecule has 1 saturated carbocycles. The molecule has 2 rings (SSSR count). The van der Waals surface area contributed by atoms with E-state index in [0.717, 1.165) is 32.2 Å². The van der Waals surface area contributed by atoms with Gasteiger partial charge in [0.2, 0.25) is 5.91 Å². The molecule has 0 spiro atoms. The summed E-state index contributed by atoms with van der Waals surface area (Å²) in [7, 11) is 0. The van der Waals surface area contributed by atoms with E-state index in [1.165, 1.54) is 12.8 Å². The third-order valence-corrected chi connectivity index (χ3v) is 3.81. The van der Waals surface area contributed by atoms with Gasteiger partial charge in [0.15, 0.2) is 0 Å². The number of hydrogen-bond acceptors (Lipinski definition) is 2. The molecule has 1 unspecified atom stereocenters. The molecule has 1 atom stereocenters. The highest BCUT2D eigenvalue weighted by Crippen LogP contribution is 2.27. The molecule has 1 amide bonds. The lowest BCUT2D eigenvalue weighted by Crippen LogP contribution is -2.50. The SMILES string of the molecule is CC(CCl)C(=O)N1CCN(C2CC2)CC1. The largest absolute Gasteiger partial charge is 0.340 e. The fourth-order valence-electron chi connectivity index (χ4n) is 2.12. The molecule has 1 heterocycles. The van der Waals surface area contributed by atoms with Gasteiger partial charge in [0.1, 0.15) is 0 Å². The minimum absolute atomic E-state index is 0.0286. The summed E-state index contributed by atoms with van der Waals surface area (Å²) in [6, 6.07) is 0.827. The summed E-state index contributed by atoms with van der Waals surface area (Å²) in [6.45, 7) is 5.77. The normalized spacial score (nSPS) is 25.3. The molecule has 0 aromatic carbocycles. The first-order chi connectivity index (χ1) is 7.22. The number of piperazine rings is 1. The lowest BCUT2D eigenvalue weighted by molar-refractivity contribution is -0.136. The number of hydrogen-bond donors (Lipinski definition) is 0. The molecule has 86 valence electrons. The number of halogens is 1. The number of carbonyl (C=O) groups is 1. The van der Waals surface area contributed by atoms with E-state index in [0.29, 0.717) is 5.88 Å². The fraction of sp³-hybridized carbons (Fsp3) is 0.909. The first-order valence-electron chi connectivity index (χ1n) is 5.81.